The number of hydrogen-bond donors (Lipinski definition) is 2. The molecule has 140 valence electrons. The van der Waals surface area contributed by atoms with Crippen LogP contribution in [0.5, 0.6) is 0 Å². The fraction of sp³-hybridized carbons (Fsp3) is 0.562. The summed E-state index contributed by atoms with van der Waals surface area (Å²) in [6, 6.07) is 5.99. The molecule has 0 aliphatic carbocycles. The Hall–Kier alpha value is -1.82. The second kappa shape index (κ2) is 7.43. The molecule has 0 radical (unpaired) electrons. The molecule has 4 atom stereocenters. The van der Waals surface area contributed by atoms with Gasteiger partial charge in [0.25, 0.3) is 0 Å². The molecule has 9 nitrogen and oxygen atoms in total. The number of nitrogen functional groups attached to an aromatic ring is 1. The molecule has 1 unspecified atom stereocenters. The molecule has 0 bridgehead atoms. The summed E-state index contributed by atoms with van der Waals surface area (Å²) in [5, 5.41) is 14.0. The van der Waals surface area contributed by atoms with Crippen LogP contribution in [0.25, 0.3) is 5.52 Å². The molecule has 26 heavy (non-hydrogen) atoms. The van der Waals surface area contributed by atoms with Crippen LogP contribution in [-0.2, 0) is 13.8 Å². The van der Waals surface area contributed by atoms with E-state index in [1.165, 1.54) is 6.33 Å². The van der Waals surface area contributed by atoms with Crippen molar-refractivity contribution in [2.75, 3.05) is 12.3 Å². The van der Waals surface area contributed by atoms with Crippen molar-refractivity contribution in [3.8, 4) is 6.07 Å². The van der Waals surface area contributed by atoms with Crippen LogP contribution in [0.3, 0.4) is 0 Å². The zero-order valence-electron chi connectivity index (χ0n) is 14.9. The Balaban J connectivity index is 1.78. The van der Waals surface area contributed by atoms with Gasteiger partial charge in [0, 0.05) is 0 Å². The molecule has 3 N–H and O–H groups in total. The van der Waals surface area contributed by atoms with Gasteiger partial charge in [0.05, 0.1) is 36.0 Å². The normalized spacial score (nSPS) is 27.1. The van der Waals surface area contributed by atoms with Gasteiger partial charge >= 0.3 is 8.60 Å². The molecule has 2 aromatic heterocycles. The van der Waals surface area contributed by atoms with Crippen LogP contribution in [0.4, 0.5) is 5.82 Å². The Kier molecular flexibility index (Phi) is 5.42. The van der Waals surface area contributed by atoms with Gasteiger partial charge in [-0.2, -0.15) is 10.4 Å². The first-order valence-corrected chi connectivity index (χ1v) is 9.40. The quantitative estimate of drug-likeness (QED) is 0.732. The summed E-state index contributed by atoms with van der Waals surface area (Å²) in [5.41, 5.74) is 6.50. The van der Waals surface area contributed by atoms with E-state index in [0.717, 1.165) is 5.69 Å². The van der Waals surface area contributed by atoms with Crippen LogP contribution < -0.4 is 5.73 Å². The number of rotatable bonds is 6. The van der Waals surface area contributed by atoms with Crippen LogP contribution in [-0.4, -0.2) is 38.3 Å². The molecule has 1 saturated heterocycles. The number of anilines is 1. The van der Waals surface area contributed by atoms with E-state index in [2.05, 4.69) is 16.2 Å². The lowest BCUT2D eigenvalue weighted by Gasteiger charge is -2.21. The van der Waals surface area contributed by atoms with Crippen molar-refractivity contribution >= 4 is 19.9 Å². The van der Waals surface area contributed by atoms with Gasteiger partial charge < -0.3 is 24.4 Å². The minimum absolute atomic E-state index is 0.134. The number of nitrogens with zero attached hydrogens (tertiary/aromatic N) is 4. The standard InChI is InChI=1S/C16H22N5O4P/c1-10(2)25-26(22)23-7-11-6-16(3,8-17)14(24-11)12-4-5-13-15(18)19-9-20-21(12)13/h4-5,9-11,14,22H,6-7H2,1-3H3,(H2,18,19,20)/t11-,14-,16-,26?/m0/s1. The Morgan fingerprint density at radius 1 is 1.58 bits per heavy atom. The van der Waals surface area contributed by atoms with Gasteiger partial charge in [0.1, 0.15) is 17.9 Å². The second-order valence-electron chi connectivity index (χ2n) is 6.76. The molecule has 3 rings (SSSR count). The Morgan fingerprint density at radius 2 is 2.35 bits per heavy atom. The average molecular weight is 379 g/mol. The highest BCUT2D eigenvalue weighted by Crippen LogP contribution is 2.48. The van der Waals surface area contributed by atoms with Crippen molar-refractivity contribution in [3.63, 3.8) is 0 Å². The van der Waals surface area contributed by atoms with Crippen molar-refractivity contribution < 1.29 is 18.7 Å². The zero-order chi connectivity index (χ0) is 18.9. The summed E-state index contributed by atoms with van der Waals surface area (Å²) in [7, 11) is -1.97. The minimum Gasteiger partial charge on any atom is -0.382 e. The van der Waals surface area contributed by atoms with Crippen molar-refractivity contribution in [1.82, 2.24) is 14.6 Å². The van der Waals surface area contributed by atoms with Crippen molar-refractivity contribution in [2.45, 2.75) is 45.5 Å². The molecule has 1 aliphatic heterocycles. The minimum atomic E-state index is -1.97. The van der Waals surface area contributed by atoms with Gasteiger partial charge in [0.15, 0.2) is 5.82 Å². The van der Waals surface area contributed by atoms with E-state index in [0.29, 0.717) is 17.8 Å². The molecule has 0 spiro atoms. The van der Waals surface area contributed by atoms with E-state index < -0.39 is 20.1 Å². The summed E-state index contributed by atoms with van der Waals surface area (Å²) >= 11 is 0. The molecular weight excluding hydrogens is 357 g/mol. The van der Waals surface area contributed by atoms with E-state index >= 15 is 0 Å². The third kappa shape index (κ3) is 3.65. The zero-order valence-corrected chi connectivity index (χ0v) is 15.8. The maximum atomic E-state index is 9.75. The van der Waals surface area contributed by atoms with Crippen LogP contribution in [0.15, 0.2) is 18.5 Å². The smallest absolute Gasteiger partial charge is 0.330 e. The lowest BCUT2D eigenvalue weighted by Crippen LogP contribution is -2.20. The highest BCUT2D eigenvalue weighted by molar-refractivity contribution is 7.40. The molecular formula is C16H22N5O4P. The van der Waals surface area contributed by atoms with E-state index in [-0.39, 0.29) is 18.8 Å². The molecule has 0 aromatic carbocycles. The third-order valence-electron chi connectivity index (χ3n) is 4.27. The maximum Gasteiger partial charge on any atom is 0.330 e. The Morgan fingerprint density at radius 3 is 3.04 bits per heavy atom. The first-order chi connectivity index (χ1) is 12.3. The third-order valence-corrected chi connectivity index (χ3v) is 5.24. The first-order valence-electron chi connectivity index (χ1n) is 8.27. The van der Waals surface area contributed by atoms with Gasteiger partial charge in [0.2, 0.25) is 0 Å². The van der Waals surface area contributed by atoms with E-state index in [1.807, 2.05) is 26.8 Å². The second-order valence-corrected chi connectivity index (χ2v) is 7.70. The topological polar surface area (TPSA) is 128 Å². The van der Waals surface area contributed by atoms with Gasteiger partial charge in [-0.1, -0.05) is 0 Å². The molecule has 0 saturated carbocycles. The number of ether oxygens (including phenoxy) is 1. The van der Waals surface area contributed by atoms with E-state index in [9.17, 15) is 10.2 Å². The van der Waals surface area contributed by atoms with Crippen LogP contribution in [0, 0.1) is 16.7 Å². The van der Waals surface area contributed by atoms with E-state index in [1.54, 1.807) is 10.6 Å². The molecule has 2 aromatic rings. The van der Waals surface area contributed by atoms with Crippen LogP contribution in [0.2, 0.25) is 0 Å². The monoisotopic (exact) mass is 379 g/mol. The number of fused-ring (bicyclic) bond motifs is 1. The highest BCUT2D eigenvalue weighted by Gasteiger charge is 2.48. The number of nitrogens with two attached hydrogens (primary N) is 1. The summed E-state index contributed by atoms with van der Waals surface area (Å²) in [6.07, 6.45) is 0.848. The summed E-state index contributed by atoms with van der Waals surface area (Å²) in [6.45, 7) is 5.61. The Labute approximate surface area is 152 Å². The molecule has 3 heterocycles. The fourth-order valence-electron chi connectivity index (χ4n) is 3.10. The maximum absolute atomic E-state index is 9.75. The van der Waals surface area contributed by atoms with E-state index in [4.69, 9.17) is 19.5 Å². The molecule has 10 heteroatoms. The largest absolute Gasteiger partial charge is 0.382 e. The number of nitriles is 1. The number of hydrogen-bond acceptors (Lipinski definition) is 8. The summed E-state index contributed by atoms with van der Waals surface area (Å²) in [5.74, 6) is 0.361. The molecule has 1 aliphatic rings. The summed E-state index contributed by atoms with van der Waals surface area (Å²) < 4.78 is 18.3. The van der Waals surface area contributed by atoms with Crippen molar-refractivity contribution in [3.05, 3.63) is 24.2 Å². The van der Waals surface area contributed by atoms with Crippen molar-refractivity contribution in [1.29, 1.82) is 5.26 Å². The Bertz CT molecular complexity index is 823. The molecule has 1 fully saturated rings. The predicted octanol–water partition coefficient (Wildman–Crippen LogP) is 2.33. The van der Waals surface area contributed by atoms with Gasteiger partial charge in [-0.15, -0.1) is 0 Å². The lowest BCUT2D eigenvalue weighted by molar-refractivity contribution is -0.00313. The highest BCUT2D eigenvalue weighted by atomic mass is 31.2. The van der Waals surface area contributed by atoms with Gasteiger partial charge in [-0.25, -0.2) is 9.50 Å². The van der Waals surface area contributed by atoms with Crippen LogP contribution in [0.1, 0.15) is 39.0 Å². The molecule has 0 amide bonds. The van der Waals surface area contributed by atoms with Gasteiger partial charge in [-0.05, 0) is 39.3 Å². The first kappa shape index (κ1) is 19.0. The van der Waals surface area contributed by atoms with Crippen molar-refractivity contribution in [2.24, 2.45) is 5.41 Å². The predicted molar refractivity (Wildman–Crippen MR) is 94.7 cm³/mol. The van der Waals surface area contributed by atoms with Gasteiger partial charge in [-0.3, -0.25) is 0 Å². The average Bonchev–Trinajstić information content (AvgIpc) is 3.15. The fourth-order valence-corrected chi connectivity index (χ4v) is 3.81. The SMILES string of the molecule is CC(C)OP(O)OC[C@@H]1C[C@@](C)(C#N)[C@H](c2ccc3c(N)ncnn23)O1. The van der Waals surface area contributed by atoms with Crippen LogP contribution >= 0.6 is 8.60 Å². The lowest BCUT2D eigenvalue weighted by atomic mass is 9.82. The number of aromatic nitrogens is 3. The summed E-state index contributed by atoms with van der Waals surface area (Å²) in [4.78, 5) is 13.7.